The third-order valence-corrected chi connectivity index (χ3v) is 2.26. The first kappa shape index (κ1) is 9.02. The van der Waals surface area contributed by atoms with Crippen molar-refractivity contribution in [3.05, 3.63) is 29.7 Å². The van der Waals surface area contributed by atoms with Crippen molar-refractivity contribution in [1.82, 2.24) is 4.98 Å². The van der Waals surface area contributed by atoms with Gasteiger partial charge in [0.25, 0.3) is 0 Å². The summed E-state index contributed by atoms with van der Waals surface area (Å²) in [6.07, 6.45) is 2.32. The van der Waals surface area contributed by atoms with Gasteiger partial charge in [-0.25, -0.2) is 4.39 Å². The average Bonchev–Trinajstić information content (AvgIpc) is 2.57. The van der Waals surface area contributed by atoms with Crippen molar-refractivity contribution in [2.45, 2.75) is 6.42 Å². The summed E-state index contributed by atoms with van der Waals surface area (Å²) in [6, 6.07) is 2.98. The zero-order valence-electron chi connectivity index (χ0n) is 7.55. The molecule has 0 fully saturated rings. The van der Waals surface area contributed by atoms with E-state index < -0.39 is 5.82 Å². The van der Waals surface area contributed by atoms with Crippen LogP contribution in [0.3, 0.4) is 0 Å². The molecule has 0 saturated heterocycles. The Bertz CT molecular complexity index is 464. The molecule has 0 saturated carbocycles. The molecule has 1 heterocycles. The summed E-state index contributed by atoms with van der Waals surface area (Å²) in [5, 5.41) is 9.65. The van der Waals surface area contributed by atoms with Crippen LogP contribution in [0.2, 0.25) is 0 Å². The highest BCUT2D eigenvalue weighted by molar-refractivity contribution is 5.85. The van der Waals surface area contributed by atoms with Gasteiger partial charge in [-0.15, -0.1) is 0 Å². The van der Waals surface area contributed by atoms with Crippen LogP contribution in [0.25, 0.3) is 10.9 Å². The molecule has 2 rings (SSSR count). The molecule has 0 aliphatic rings. The van der Waals surface area contributed by atoms with Crippen LogP contribution in [-0.4, -0.2) is 16.6 Å². The molecule has 74 valence electrons. The number of hydrogen-bond acceptors (Lipinski definition) is 2. The first-order valence-electron chi connectivity index (χ1n) is 4.41. The third-order valence-electron chi connectivity index (χ3n) is 2.26. The maximum absolute atomic E-state index is 13.5. The summed E-state index contributed by atoms with van der Waals surface area (Å²) in [6.45, 7) is 0.460. The summed E-state index contributed by atoms with van der Waals surface area (Å²) in [7, 11) is 0. The van der Waals surface area contributed by atoms with Crippen molar-refractivity contribution < 1.29 is 9.50 Å². The van der Waals surface area contributed by atoms with Crippen molar-refractivity contribution in [2.75, 3.05) is 6.54 Å². The quantitative estimate of drug-likeness (QED) is 0.678. The van der Waals surface area contributed by atoms with Crippen LogP contribution < -0.4 is 5.73 Å². The zero-order chi connectivity index (χ0) is 10.1. The van der Waals surface area contributed by atoms with Crippen molar-refractivity contribution in [3.63, 3.8) is 0 Å². The Morgan fingerprint density at radius 2 is 2.21 bits per heavy atom. The van der Waals surface area contributed by atoms with Gasteiger partial charge in [-0.3, -0.25) is 0 Å². The zero-order valence-corrected chi connectivity index (χ0v) is 7.55. The molecule has 1 aromatic heterocycles. The van der Waals surface area contributed by atoms with Crippen LogP contribution in [0.4, 0.5) is 4.39 Å². The second-order valence-electron chi connectivity index (χ2n) is 3.17. The van der Waals surface area contributed by atoms with Crippen molar-refractivity contribution in [2.24, 2.45) is 5.73 Å². The van der Waals surface area contributed by atoms with Gasteiger partial charge in [-0.2, -0.15) is 0 Å². The van der Waals surface area contributed by atoms with Gasteiger partial charge in [0.15, 0.2) is 11.6 Å². The lowest BCUT2D eigenvalue weighted by Crippen LogP contribution is -2.02. The molecule has 4 heteroatoms. The van der Waals surface area contributed by atoms with Gasteiger partial charge in [-0.05, 0) is 30.7 Å². The monoisotopic (exact) mass is 194 g/mol. The largest absolute Gasteiger partial charge is 0.505 e. The molecule has 14 heavy (non-hydrogen) atoms. The summed E-state index contributed by atoms with van der Waals surface area (Å²) in [4.78, 5) is 2.93. The second-order valence-corrected chi connectivity index (χ2v) is 3.17. The molecule has 4 N–H and O–H groups in total. The van der Waals surface area contributed by atoms with Crippen molar-refractivity contribution in [3.8, 4) is 5.75 Å². The molecule has 3 nitrogen and oxygen atoms in total. The predicted molar refractivity (Wildman–Crippen MR) is 52.7 cm³/mol. The smallest absolute Gasteiger partial charge is 0.174 e. The van der Waals surface area contributed by atoms with E-state index in [0.29, 0.717) is 23.9 Å². The number of aromatic hydroxyl groups is 1. The molecular formula is C10H11FN2O. The molecule has 0 atom stereocenters. The van der Waals surface area contributed by atoms with E-state index in [-0.39, 0.29) is 5.75 Å². The highest BCUT2D eigenvalue weighted by Crippen LogP contribution is 2.27. The highest BCUT2D eigenvalue weighted by atomic mass is 19.1. The number of nitrogens with one attached hydrogen (secondary N) is 1. The maximum Gasteiger partial charge on any atom is 0.174 e. The van der Waals surface area contributed by atoms with Crippen LogP contribution in [0.15, 0.2) is 18.3 Å². The van der Waals surface area contributed by atoms with Crippen LogP contribution in [0.1, 0.15) is 5.56 Å². The normalized spacial score (nSPS) is 11.0. The standard InChI is InChI=1S/C10H11FN2O/c11-10-8(14)2-1-7-9(10)6(3-4-12)5-13-7/h1-2,5,13-14H,3-4,12H2. The molecule has 0 amide bonds. The van der Waals surface area contributed by atoms with Crippen LogP contribution in [0, 0.1) is 5.82 Å². The van der Waals surface area contributed by atoms with Crippen LogP contribution in [-0.2, 0) is 6.42 Å². The number of H-pyrrole nitrogens is 1. The van der Waals surface area contributed by atoms with Crippen LogP contribution >= 0.6 is 0 Å². The van der Waals surface area contributed by atoms with Gasteiger partial charge in [0.2, 0.25) is 0 Å². The first-order valence-corrected chi connectivity index (χ1v) is 4.41. The summed E-state index contributed by atoms with van der Waals surface area (Å²) < 4.78 is 13.5. The molecule has 2 aromatic rings. The first-order chi connectivity index (χ1) is 6.74. The molecule has 0 radical (unpaired) electrons. The average molecular weight is 194 g/mol. The molecule has 0 spiro atoms. The fraction of sp³-hybridized carbons (Fsp3) is 0.200. The molecular weight excluding hydrogens is 183 g/mol. The summed E-state index contributed by atoms with van der Waals surface area (Å²) in [5.41, 5.74) is 6.89. The number of rotatable bonds is 2. The molecule has 0 unspecified atom stereocenters. The van der Waals surface area contributed by atoms with Gasteiger partial charge in [-0.1, -0.05) is 0 Å². The molecule has 1 aromatic carbocycles. The van der Waals surface area contributed by atoms with E-state index in [0.717, 1.165) is 5.56 Å². The number of hydrogen-bond donors (Lipinski definition) is 3. The fourth-order valence-corrected chi connectivity index (χ4v) is 1.59. The third kappa shape index (κ3) is 1.24. The number of aromatic nitrogens is 1. The minimum atomic E-state index is -0.577. The summed E-state index contributed by atoms with van der Waals surface area (Å²) in [5.74, 6) is -0.900. The van der Waals surface area contributed by atoms with Crippen LogP contribution in [0.5, 0.6) is 5.75 Å². The number of aromatic amines is 1. The number of nitrogens with two attached hydrogens (primary N) is 1. The topological polar surface area (TPSA) is 62.0 Å². The molecule has 0 aliphatic carbocycles. The van der Waals surface area contributed by atoms with Gasteiger partial charge in [0.1, 0.15) is 0 Å². The van der Waals surface area contributed by atoms with Gasteiger partial charge >= 0.3 is 0 Å². The Hall–Kier alpha value is -1.55. The van der Waals surface area contributed by atoms with Crippen molar-refractivity contribution in [1.29, 1.82) is 0 Å². The second kappa shape index (κ2) is 3.31. The number of halogens is 1. The van der Waals surface area contributed by atoms with E-state index in [1.54, 1.807) is 12.3 Å². The Morgan fingerprint density at radius 1 is 1.43 bits per heavy atom. The highest BCUT2D eigenvalue weighted by Gasteiger charge is 2.11. The van der Waals surface area contributed by atoms with E-state index >= 15 is 0 Å². The predicted octanol–water partition coefficient (Wildman–Crippen LogP) is 1.51. The lowest BCUT2D eigenvalue weighted by atomic mass is 10.1. The number of benzene rings is 1. The minimum Gasteiger partial charge on any atom is -0.505 e. The number of phenols is 1. The lowest BCUT2D eigenvalue weighted by molar-refractivity contribution is 0.436. The SMILES string of the molecule is NCCc1c[nH]c2ccc(O)c(F)c12. The number of phenolic OH excluding ortho intramolecular Hbond substituents is 1. The lowest BCUT2D eigenvalue weighted by Gasteiger charge is -1.99. The molecule has 0 aliphatic heterocycles. The summed E-state index contributed by atoms with van der Waals surface area (Å²) >= 11 is 0. The Labute approximate surface area is 80.4 Å². The fourth-order valence-electron chi connectivity index (χ4n) is 1.59. The maximum atomic E-state index is 13.5. The minimum absolute atomic E-state index is 0.324. The van der Waals surface area contributed by atoms with Gasteiger partial charge < -0.3 is 15.8 Å². The van der Waals surface area contributed by atoms with Gasteiger partial charge in [0.05, 0.1) is 0 Å². The number of fused-ring (bicyclic) bond motifs is 1. The van der Waals surface area contributed by atoms with E-state index in [1.165, 1.54) is 6.07 Å². The van der Waals surface area contributed by atoms with Crippen molar-refractivity contribution >= 4 is 10.9 Å². The van der Waals surface area contributed by atoms with E-state index in [4.69, 9.17) is 5.73 Å². The van der Waals surface area contributed by atoms with E-state index in [9.17, 15) is 9.50 Å². The Balaban J connectivity index is 2.69. The molecule has 0 bridgehead atoms. The Morgan fingerprint density at radius 3 is 2.93 bits per heavy atom. The van der Waals surface area contributed by atoms with Gasteiger partial charge in [0, 0.05) is 17.1 Å². The Kier molecular flexibility index (Phi) is 2.13. The van der Waals surface area contributed by atoms with E-state index in [2.05, 4.69) is 4.98 Å². The van der Waals surface area contributed by atoms with E-state index in [1.807, 2.05) is 0 Å².